The highest BCUT2D eigenvalue weighted by Gasteiger charge is 2.32. The van der Waals surface area contributed by atoms with Gasteiger partial charge in [-0.2, -0.15) is 4.98 Å². The summed E-state index contributed by atoms with van der Waals surface area (Å²) >= 11 is 0. The number of aromatic nitrogens is 3. The van der Waals surface area contributed by atoms with E-state index in [-0.39, 0.29) is 6.10 Å². The lowest BCUT2D eigenvalue weighted by Crippen LogP contribution is -2.46. The third kappa shape index (κ3) is 5.65. The van der Waals surface area contributed by atoms with Gasteiger partial charge >= 0.3 is 0 Å². The molecule has 0 bridgehead atoms. The number of benzene rings is 1. The quantitative estimate of drug-likeness (QED) is 0.436. The van der Waals surface area contributed by atoms with Gasteiger partial charge in [0.2, 0.25) is 5.95 Å². The molecule has 0 radical (unpaired) electrons. The number of methoxy groups -OCH3 is 1. The Morgan fingerprint density at radius 3 is 2.60 bits per heavy atom. The molecule has 1 fully saturated rings. The van der Waals surface area contributed by atoms with Crippen LogP contribution in [0.4, 0.5) is 23.1 Å². The number of hydrogen-bond acceptors (Lipinski definition) is 8. The average molecular weight is 475 g/mol. The molecular formula is C27H34N6O2. The molecule has 0 amide bonds. The highest BCUT2D eigenvalue weighted by molar-refractivity contribution is 5.62. The minimum absolute atomic E-state index is 0.226. The lowest BCUT2D eigenvalue weighted by atomic mass is 9.88. The van der Waals surface area contributed by atoms with Crippen LogP contribution in [0.3, 0.4) is 0 Å². The summed E-state index contributed by atoms with van der Waals surface area (Å²) in [6, 6.07) is 10.5. The fourth-order valence-electron chi connectivity index (χ4n) is 4.68. The van der Waals surface area contributed by atoms with Crippen LogP contribution in [0, 0.1) is 0 Å². The summed E-state index contributed by atoms with van der Waals surface area (Å²) in [7, 11) is 5.88. The third-order valence-electron chi connectivity index (χ3n) is 6.86. The Bertz CT molecular complexity index is 1160. The molecule has 35 heavy (non-hydrogen) atoms. The van der Waals surface area contributed by atoms with Gasteiger partial charge in [0.25, 0.3) is 0 Å². The van der Waals surface area contributed by atoms with Gasteiger partial charge in [0.05, 0.1) is 19.0 Å². The number of hydrogen-bond donors (Lipinski definition) is 2. The molecule has 3 aromatic rings. The molecule has 0 atom stereocenters. The molecule has 0 saturated heterocycles. The summed E-state index contributed by atoms with van der Waals surface area (Å²) in [6.07, 6.45) is 11.8. The van der Waals surface area contributed by atoms with Gasteiger partial charge in [-0.3, -0.25) is 4.98 Å². The first kappa shape index (κ1) is 23.4. The van der Waals surface area contributed by atoms with Gasteiger partial charge in [0.15, 0.2) is 11.5 Å². The van der Waals surface area contributed by atoms with Gasteiger partial charge in [-0.25, -0.2) is 4.98 Å². The first-order chi connectivity index (χ1) is 17.1. The molecule has 2 aliphatic rings. The van der Waals surface area contributed by atoms with Crippen molar-refractivity contribution in [1.29, 1.82) is 0 Å². The Kier molecular flexibility index (Phi) is 6.99. The topological polar surface area (TPSA) is 84.4 Å². The first-order valence-corrected chi connectivity index (χ1v) is 12.4. The van der Waals surface area contributed by atoms with Crippen LogP contribution < -0.4 is 20.1 Å². The molecule has 8 heteroatoms. The zero-order valence-electron chi connectivity index (χ0n) is 20.8. The molecule has 184 valence electrons. The van der Waals surface area contributed by atoms with E-state index >= 15 is 0 Å². The molecule has 0 spiro atoms. The first-order valence-electron chi connectivity index (χ1n) is 12.4. The maximum Gasteiger partial charge on any atom is 0.229 e. The maximum absolute atomic E-state index is 6.16. The smallest absolute Gasteiger partial charge is 0.229 e. The molecule has 2 N–H and O–H groups in total. The van der Waals surface area contributed by atoms with Gasteiger partial charge in [0, 0.05) is 29.7 Å². The summed E-state index contributed by atoms with van der Waals surface area (Å²) in [5, 5.41) is 6.65. The highest BCUT2D eigenvalue weighted by atomic mass is 16.5. The van der Waals surface area contributed by atoms with E-state index < -0.39 is 0 Å². The summed E-state index contributed by atoms with van der Waals surface area (Å²) in [4.78, 5) is 15.9. The monoisotopic (exact) mass is 474 g/mol. The van der Waals surface area contributed by atoms with Crippen LogP contribution in [0.1, 0.15) is 43.4 Å². The van der Waals surface area contributed by atoms with Gasteiger partial charge in [0.1, 0.15) is 11.9 Å². The highest BCUT2D eigenvalue weighted by Crippen LogP contribution is 2.36. The lowest BCUT2D eigenvalue weighted by molar-refractivity contribution is 0.0383. The van der Waals surface area contributed by atoms with E-state index in [1.165, 1.54) is 30.5 Å². The van der Waals surface area contributed by atoms with Crippen molar-refractivity contribution < 1.29 is 9.47 Å². The predicted molar refractivity (Wildman–Crippen MR) is 138 cm³/mol. The van der Waals surface area contributed by atoms with Crippen molar-refractivity contribution >= 4 is 23.1 Å². The largest absolute Gasteiger partial charge is 0.493 e. The second-order valence-electron chi connectivity index (χ2n) is 9.60. The Morgan fingerprint density at radius 2 is 1.77 bits per heavy atom. The van der Waals surface area contributed by atoms with Crippen LogP contribution in [0.25, 0.3) is 0 Å². The number of anilines is 4. The van der Waals surface area contributed by atoms with Crippen LogP contribution in [0.15, 0.2) is 42.7 Å². The van der Waals surface area contributed by atoms with Crippen molar-refractivity contribution in [3.63, 3.8) is 0 Å². The van der Waals surface area contributed by atoms with Gasteiger partial charge in [-0.05, 0) is 82.4 Å². The van der Waals surface area contributed by atoms with E-state index in [1.807, 2.05) is 30.5 Å². The zero-order chi connectivity index (χ0) is 24.2. The maximum atomic E-state index is 6.16. The van der Waals surface area contributed by atoms with E-state index in [2.05, 4.69) is 50.6 Å². The number of rotatable bonds is 8. The molecule has 1 saturated carbocycles. The summed E-state index contributed by atoms with van der Waals surface area (Å²) < 4.78 is 11.8. The predicted octanol–water partition coefficient (Wildman–Crippen LogP) is 5.11. The van der Waals surface area contributed by atoms with Gasteiger partial charge in [-0.15, -0.1) is 0 Å². The fraction of sp³-hybridized carbons (Fsp3) is 0.444. The van der Waals surface area contributed by atoms with Crippen LogP contribution in [0.2, 0.25) is 0 Å². The molecule has 2 aromatic heterocycles. The van der Waals surface area contributed by atoms with E-state index in [9.17, 15) is 0 Å². The molecule has 0 unspecified atom stereocenters. The number of aryl methyl sites for hydroxylation is 2. The van der Waals surface area contributed by atoms with Crippen molar-refractivity contribution in [2.75, 3.05) is 31.8 Å². The van der Waals surface area contributed by atoms with E-state index in [0.717, 1.165) is 42.8 Å². The average Bonchev–Trinajstić information content (AvgIpc) is 3.07. The van der Waals surface area contributed by atoms with E-state index in [0.29, 0.717) is 23.6 Å². The molecule has 2 heterocycles. The number of fused-ring (bicyclic) bond motifs is 1. The summed E-state index contributed by atoms with van der Waals surface area (Å²) in [5.41, 5.74) is 4.35. The van der Waals surface area contributed by atoms with Gasteiger partial charge in [-0.1, -0.05) is 6.42 Å². The zero-order valence-corrected chi connectivity index (χ0v) is 20.8. The standard InChI is InChI=1S/C27H34N6O2/c1-33(2)21-15-22(16-21)35-24-10-9-19(14-25(24)34-3)31-27-28-12-11-26(32-27)30-20-13-18-7-5-4-6-8-23(18)29-17-20/h9-14,17,21-22H,4-8,15-16H2,1-3H3,(H2,28,30,31,32). The molecule has 0 aliphatic heterocycles. The second-order valence-corrected chi connectivity index (χ2v) is 9.60. The summed E-state index contributed by atoms with van der Waals surface area (Å²) in [6.45, 7) is 0. The fourth-order valence-corrected chi connectivity index (χ4v) is 4.68. The molecular weight excluding hydrogens is 440 g/mol. The van der Waals surface area contributed by atoms with Crippen molar-refractivity contribution in [3.05, 3.63) is 54.0 Å². The summed E-state index contributed by atoms with van der Waals surface area (Å²) in [5.74, 6) is 2.66. The lowest BCUT2D eigenvalue weighted by Gasteiger charge is -2.39. The SMILES string of the molecule is COc1cc(Nc2nccc(Nc3cnc4c(c3)CCCCC4)n2)ccc1OC1CC(N(C)C)C1. The number of pyridine rings is 1. The van der Waals surface area contributed by atoms with E-state index in [1.54, 1.807) is 13.3 Å². The van der Waals surface area contributed by atoms with Gasteiger partial charge < -0.3 is 25.0 Å². The minimum atomic E-state index is 0.226. The minimum Gasteiger partial charge on any atom is -0.493 e. The van der Waals surface area contributed by atoms with Crippen molar-refractivity contribution in [2.45, 2.75) is 57.1 Å². The molecule has 2 aliphatic carbocycles. The molecule has 5 rings (SSSR count). The number of nitrogens with one attached hydrogen (secondary N) is 2. The van der Waals surface area contributed by atoms with Crippen LogP contribution in [-0.2, 0) is 12.8 Å². The van der Waals surface area contributed by atoms with Crippen LogP contribution in [0.5, 0.6) is 11.5 Å². The third-order valence-corrected chi connectivity index (χ3v) is 6.86. The Morgan fingerprint density at radius 1 is 0.914 bits per heavy atom. The van der Waals surface area contributed by atoms with Crippen molar-refractivity contribution in [3.8, 4) is 11.5 Å². The number of ether oxygens (including phenoxy) is 2. The number of nitrogens with zero attached hydrogens (tertiary/aromatic N) is 4. The van der Waals surface area contributed by atoms with Crippen molar-refractivity contribution in [1.82, 2.24) is 19.9 Å². The van der Waals surface area contributed by atoms with E-state index in [4.69, 9.17) is 9.47 Å². The van der Waals surface area contributed by atoms with Crippen LogP contribution >= 0.6 is 0 Å². The molecule has 8 nitrogen and oxygen atoms in total. The molecule has 1 aromatic carbocycles. The van der Waals surface area contributed by atoms with Crippen LogP contribution in [-0.4, -0.2) is 53.2 Å². The second kappa shape index (κ2) is 10.5. The Labute approximate surface area is 207 Å². The Hall–Kier alpha value is -3.39. The Balaban J connectivity index is 1.24. The van der Waals surface area contributed by atoms with Crippen molar-refractivity contribution in [2.24, 2.45) is 0 Å². The normalized spacial score (nSPS) is 19.3.